The number of rotatable bonds is 1. The van der Waals surface area contributed by atoms with E-state index in [1.165, 1.54) is 38.6 Å². The SMILES string of the molecule is CC1(N)CCN(C2C3CC4CC(C3)CC2C4)C1. The molecule has 1 unspecified atom stereocenters. The lowest BCUT2D eigenvalue weighted by Crippen LogP contribution is -2.56. The van der Waals surface area contributed by atoms with Crippen LogP contribution in [0.5, 0.6) is 0 Å². The monoisotopic (exact) mass is 234 g/mol. The summed E-state index contributed by atoms with van der Waals surface area (Å²) in [5.41, 5.74) is 6.41. The number of hydrogen-bond acceptors (Lipinski definition) is 2. The van der Waals surface area contributed by atoms with Gasteiger partial charge in [-0.1, -0.05) is 0 Å². The van der Waals surface area contributed by atoms with Gasteiger partial charge in [0.2, 0.25) is 0 Å². The van der Waals surface area contributed by atoms with Crippen molar-refractivity contribution in [2.45, 2.75) is 57.0 Å². The van der Waals surface area contributed by atoms with E-state index in [1.54, 1.807) is 6.42 Å². The Labute approximate surface area is 105 Å². The molecular weight excluding hydrogens is 208 g/mol. The first-order valence-electron chi connectivity index (χ1n) is 7.64. The van der Waals surface area contributed by atoms with Crippen LogP contribution in [0.4, 0.5) is 0 Å². The van der Waals surface area contributed by atoms with Crippen molar-refractivity contribution in [2.24, 2.45) is 29.4 Å². The number of hydrogen-bond donors (Lipinski definition) is 1. The van der Waals surface area contributed by atoms with E-state index in [1.807, 2.05) is 0 Å². The fourth-order valence-electron chi connectivity index (χ4n) is 5.77. The number of nitrogens with two attached hydrogens (primary N) is 1. The van der Waals surface area contributed by atoms with E-state index in [0.717, 1.165) is 36.3 Å². The van der Waals surface area contributed by atoms with E-state index in [2.05, 4.69) is 11.8 Å². The Morgan fingerprint density at radius 1 is 1.00 bits per heavy atom. The zero-order valence-electron chi connectivity index (χ0n) is 11.1. The summed E-state index contributed by atoms with van der Waals surface area (Å²) in [7, 11) is 0. The van der Waals surface area contributed by atoms with Gasteiger partial charge in [-0.05, 0) is 69.1 Å². The van der Waals surface area contributed by atoms with Crippen LogP contribution in [0.25, 0.3) is 0 Å². The molecule has 96 valence electrons. The Bertz CT molecular complexity index is 295. The molecule has 2 N–H and O–H groups in total. The van der Waals surface area contributed by atoms with E-state index < -0.39 is 0 Å². The summed E-state index contributed by atoms with van der Waals surface area (Å²) in [6, 6.07) is 0.910. The van der Waals surface area contributed by atoms with Crippen molar-refractivity contribution in [3.05, 3.63) is 0 Å². The highest BCUT2D eigenvalue weighted by molar-refractivity contribution is 5.05. The highest BCUT2D eigenvalue weighted by atomic mass is 15.2. The minimum absolute atomic E-state index is 0.0919. The summed E-state index contributed by atoms with van der Waals surface area (Å²) in [6.45, 7) is 4.66. The van der Waals surface area contributed by atoms with Gasteiger partial charge >= 0.3 is 0 Å². The molecule has 0 aromatic carbocycles. The van der Waals surface area contributed by atoms with Crippen LogP contribution in [0.2, 0.25) is 0 Å². The summed E-state index contributed by atoms with van der Waals surface area (Å²) in [5, 5.41) is 0. The van der Waals surface area contributed by atoms with Crippen LogP contribution in [0.1, 0.15) is 45.4 Å². The predicted molar refractivity (Wildman–Crippen MR) is 69.6 cm³/mol. The average Bonchev–Trinajstić information content (AvgIpc) is 2.57. The maximum Gasteiger partial charge on any atom is 0.0267 e. The molecule has 2 nitrogen and oxygen atoms in total. The largest absolute Gasteiger partial charge is 0.324 e. The van der Waals surface area contributed by atoms with Crippen LogP contribution in [0.15, 0.2) is 0 Å². The molecule has 0 spiro atoms. The molecule has 5 rings (SSSR count). The molecule has 1 saturated heterocycles. The highest BCUT2D eigenvalue weighted by Gasteiger charge is 2.51. The minimum atomic E-state index is 0.0919. The Kier molecular flexibility index (Phi) is 2.21. The van der Waals surface area contributed by atoms with E-state index in [0.29, 0.717) is 0 Å². The minimum Gasteiger partial charge on any atom is -0.324 e. The summed E-state index contributed by atoms with van der Waals surface area (Å²) < 4.78 is 0. The number of nitrogens with zero attached hydrogens (tertiary/aromatic N) is 1. The van der Waals surface area contributed by atoms with Crippen molar-refractivity contribution in [3.63, 3.8) is 0 Å². The second-order valence-electron chi connectivity index (χ2n) is 7.80. The van der Waals surface area contributed by atoms with Gasteiger partial charge in [-0.3, -0.25) is 4.90 Å². The van der Waals surface area contributed by atoms with Crippen LogP contribution < -0.4 is 5.73 Å². The van der Waals surface area contributed by atoms with Gasteiger partial charge in [-0.25, -0.2) is 0 Å². The molecule has 1 aliphatic heterocycles. The van der Waals surface area contributed by atoms with Crippen molar-refractivity contribution in [3.8, 4) is 0 Å². The van der Waals surface area contributed by atoms with Gasteiger partial charge < -0.3 is 5.73 Å². The first-order valence-corrected chi connectivity index (χ1v) is 7.64. The molecule has 0 radical (unpaired) electrons. The summed E-state index contributed by atoms with van der Waals surface area (Å²) in [5.74, 6) is 4.25. The molecule has 4 saturated carbocycles. The third kappa shape index (κ3) is 1.67. The van der Waals surface area contributed by atoms with Crippen LogP contribution in [-0.4, -0.2) is 29.6 Å². The lowest BCUT2D eigenvalue weighted by molar-refractivity contribution is -0.0594. The summed E-state index contributed by atoms with van der Waals surface area (Å²) in [4.78, 5) is 2.77. The van der Waals surface area contributed by atoms with Crippen molar-refractivity contribution in [2.75, 3.05) is 13.1 Å². The predicted octanol–water partition coefficient (Wildman–Crippen LogP) is 2.23. The smallest absolute Gasteiger partial charge is 0.0267 e. The zero-order chi connectivity index (χ0) is 11.6. The topological polar surface area (TPSA) is 29.3 Å². The lowest BCUT2D eigenvalue weighted by Gasteiger charge is -2.57. The Balaban J connectivity index is 1.55. The van der Waals surface area contributed by atoms with Gasteiger partial charge in [-0.2, -0.15) is 0 Å². The third-order valence-corrected chi connectivity index (χ3v) is 6.13. The van der Waals surface area contributed by atoms with Crippen LogP contribution in [-0.2, 0) is 0 Å². The molecule has 1 heterocycles. The molecule has 1 atom stereocenters. The fourth-order valence-corrected chi connectivity index (χ4v) is 5.77. The van der Waals surface area contributed by atoms with Crippen molar-refractivity contribution >= 4 is 0 Å². The molecule has 5 fully saturated rings. The molecule has 0 aromatic heterocycles. The van der Waals surface area contributed by atoms with Gasteiger partial charge in [0.05, 0.1) is 0 Å². The Morgan fingerprint density at radius 2 is 1.59 bits per heavy atom. The zero-order valence-corrected chi connectivity index (χ0v) is 11.1. The van der Waals surface area contributed by atoms with Gasteiger partial charge in [0, 0.05) is 24.7 Å². The normalized spacial score (nSPS) is 57.9. The fraction of sp³-hybridized carbons (Fsp3) is 1.00. The molecular formula is C15H26N2. The van der Waals surface area contributed by atoms with Crippen molar-refractivity contribution in [1.29, 1.82) is 0 Å². The molecule has 2 heteroatoms. The van der Waals surface area contributed by atoms with Crippen molar-refractivity contribution < 1.29 is 0 Å². The highest BCUT2D eigenvalue weighted by Crippen LogP contribution is 2.55. The van der Waals surface area contributed by atoms with Gasteiger partial charge in [0.25, 0.3) is 0 Å². The van der Waals surface area contributed by atoms with E-state index in [9.17, 15) is 0 Å². The Morgan fingerprint density at radius 3 is 2.06 bits per heavy atom. The van der Waals surface area contributed by atoms with Crippen LogP contribution in [0, 0.1) is 23.7 Å². The maximum atomic E-state index is 6.32. The average molecular weight is 234 g/mol. The molecule has 17 heavy (non-hydrogen) atoms. The second kappa shape index (κ2) is 3.48. The summed E-state index contributed by atoms with van der Waals surface area (Å²) >= 11 is 0. The maximum absolute atomic E-state index is 6.32. The molecule has 0 aromatic rings. The first-order chi connectivity index (χ1) is 8.11. The van der Waals surface area contributed by atoms with E-state index >= 15 is 0 Å². The quantitative estimate of drug-likeness (QED) is 0.754. The van der Waals surface area contributed by atoms with Crippen LogP contribution >= 0.6 is 0 Å². The second-order valence-corrected chi connectivity index (χ2v) is 7.80. The van der Waals surface area contributed by atoms with Crippen molar-refractivity contribution in [1.82, 2.24) is 4.90 Å². The number of likely N-dealkylation sites (tertiary alicyclic amines) is 1. The molecule has 4 aliphatic carbocycles. The van der Waals surface area contributed by atoms with Crippen LogP contribution in [0.3, 0.4) is 0 Å². The van der Waals surface area contributed by atoms with E-state index in [-0.39, 0.29) is 5.54 Å². The van der Waals surface area contributed by atoms with Gasteiger partial charge in [0.1, 0.15) is 0 Å². The third-order valence-electron chi connectivity index (χ3n) is 6.13. The summed E-state index contributed by atoms with van der Waals surface area (Å²) in [6.07, 6.45) is 8.92. The first kappa shape index (κ1) is 10.8. The van der Waals surface area contributed by atoms with E-state index in [4.69, 9.17) is 5.73 Å². The molecule has 5 aliphatic rings. The van der Waals surface area contributed by atoms with Gasteiger partial charge in [-0.15, -0.1) is 0 Å². The molecule has 4 bridgehead atoms. The molecule has 0 amide bonds. The standard InChI is InChI=1S/C15H26N2/c1-15(16)2-3-17(9-15)14-12-5-10-4-11(7-12)8-13(14)6-10/h10-14H,2-9,16H2,1H3. The Hall–Kier alpha value is -0.0800. The van der Waals surface area contributed by atoms with Gasteiger partial charge in [0.15, 0.2) is 0 Å². The lowest BCUT2D eigenvalue weighted by atomic mass is 9.54.